The molecule has 3 amide bonds. The lowest BCUT2D eigenvalue weighted by atomic mass is 10.0. The first kappa shape index (κ1) is 31.0. The molecule has 0 unspecified atom stereocenters. The van der Waals surface area contributed by atoms with Crippen LogP contribution in [0.1, 0.15) is 25.0 Å². The molecule has 0 bridgehead atoms. The Morgan fingerprint density at radius 3 is 2.40 bits per heavy atom. The average molecular weight is 595 g/mol. The van der Waals surface area contributed by atoms with Crippen LogP contribution in [0.2, 0.25) is 0 Å². The number of aryl methyl sites for hydroxylation is 1. The highest BCUT2D eigenvalue weighted by Gasteiger charge is 2.33. The lowest BCUT2D eigenvalue weighted by Crippen LogP contribution is -2.48. The highest BCUT2D eigenvalue weighted by atomic mass is 32.2. The van der Waals surface area contributed by atoms with Gasteiger partial charge in [0.05, 0.1) is 30.5 Å². The van der Waals surface area contributed by atoms with Gasteiger partial charge in [0.1, 0.15) is 11.9 Å². The van der Waals surface area contributed by atoms with Crippen LogP contribution in [0.5, 0.6) is 5.75 Å². The van der Waals surface area contributed by atoms with Crippen LogP contribution in [0.25, 0.3) is 0 Å². The third-order valence-electron chi connectivity index (χ3n) is 7.37. The normalized spacial score (nSPS) is 18.2. The van der Waals surface area contributed by atoms with Gasteiger partial charge in [-0.2, -0.15) is 4.31 Å². The summed E-state index contributed by atoms with van der Waals surface area (Å²) in [6.07, 6.45) is -0.639. The van der Waals surface area contributed by atoms with Gasteiger partial charge in [0.2, 0.25) is 15.9 Å². The second kappa shape index (κ2) is 13.4. The van der Waals surface area contributed by atoms with Crippen molar-refractivity contribution in [2.45, 2.75) is 44.2 Å². The molecule has 11 heteroatoms. The van der Waals surface area contributed by atoms with E-state index in [1.165, 1.54) is 11.4 Å². The van der Waals surface area contributed by atoms with Crippen molar-refractivity contribution in [3.8, 4) is 5.75 Å². The van der Waals surface area contributed by atoms with Gasteiger partial charge in [-0.1, -0.05) is 42.8 Å². The molecule has 42 heavy (non-hydrogen) atoms. The van der Waals surface area contributed by atoms with E-state index in [2.05, 4.69) is 10.6 Å². The fraction of sp³-hybridized carbons (Fsp3) is 0.355. The van der Waals surface area contributed by atoms with Gasteiger partial charge >= 0.3 is 6.03 Å². The van der Waals surface area contributed by atoms with Crippen molar-refractivity contribution >= 4 is 33.3 Å². The molecule has 0 spiro atoms. The highest BCUT2D eigenvalue weighted by Crippen LogP contribution is 2.30. The number of para-hydroxylation sites is 1. The van der Waals surface area contributed by atoms with Crippen molar-refractivity contribution < 1.29 is 27.9 Å². The van der Waals surface area contributed by atoms with Crippen LogP contribution in [0.15, 0.2) is 77.7 Å². The minimum absolute atomic E-state index is 0.0214. The number of aliphatic hydroxyl groups is 1. The van der Waals surface area contributed by atoms with Gasteiger partial charge in [0, 0.05) is 36.4 Å². The average Bonchev–Trinajstić information content (AvgIpc) is 3.00. The largest absolute Gasteiger partial charge is 0.488 e. The number of benzene rings is 3. The number of nitrogens with zero attached hydrogens (tertiary/aromatic N) is 2. The van der Waals surface area contributed by atoms with E-state index < -0.39 is 28.2 Å². The number of hydrogen-bond donors (Lipinski definition) is 3. The van der Waals surface area contributed by atoms with Crippen molar-refractivity contribution in [3.05, 3.63) is 83.9 Å². The van der Waals surface area contributed by atoms with Gasteiger partial charge in [0.15, 0.2) is 0 Å². The van der Waals surface area contributed by atoms with Crippen LogP contribution in [0, 0.1) is 12.8 Å². The first-order valence-electron chi connectivity index (χ1n) is 13.8. The molecule has 0 aromatic heterocycles. The van der Waals surface area contributed by atoms with Crippen LogP contribution >= 0.6 is 0 Å². The summed E-state index contributed by atoms with van der Waals surface area (Å²) in [5.41, 5.74) is 2.58. The number of sulfonamides is 1. The Bertz CT molecular complexity index is 1500. The summed E-state index contributed by atoms with van der Waals surface area (Å²) in [5.74, 6) is -0.0618. The lowest BCUT2D eigenvalue weighted by molar-refractivity contribution is -0.134. The van der Waals surface area contributed by atoms with Gasteiger partial charge in [0.25, 0.3) is 0 Å². The maximum Gasteiger partial charge on any atom is 0.323 e. The van der Waals surface area contributed by atoms with E-state index in [-0.39, 0.29) is 42.8 Å². The molecule has 224 valence electrons. The van der Waals surface area contributed by atoms with E-state index in [4.69, 9.17) is 4.74 Å². The third kappa shape index (κ3) is 7.47. The number of carbonyl (C=O) groups is 2. The summed E-state index contributed by atoms with van der Waals surface area (Å²) in [6.45, 7) is 5.63. The summed E-state index contributed by atoms with van der Waals surface area (Å²) in [6, 6.07) is 19.8. The van der Waals surface area contributed by atoms with Crippen molar-refractivity contribution in [3.63, 3.8) is 0 Å². The molecule has 0 fully saturated rings. The van der Waals surface area contributed by atoms with Crippen molar-refractivity contribution in [2.75, 3.05) is 37.4 Å². The molecular weight excluding hydrogens is 556 g/mol. The molecule has 1 aliphatic heterocycles. The Hall–Kier alpha value is -3.93. The molecule has 0 saturated carbocycles. The van der Waals surface area contributed by atoms with Gasteiger partial charge in [-0.25, -0.2) is 13.2 Å². The monoisotopic (exact) mass is 594 g/mol. The number of urea groups is 1. The number of hydrogen-bond acceptors (Lipinski definition) is 6. The van der Waals surface area contributed by atoms with Crippen LogP contribution in [0.4, 0.5) is 16.2 Å². The molecule has 3 aromatic rings. The number of rotatable bonds is 8. The summed E-state index contributed by atoms with van der Waals surface area (Å²) < 4.78 is 34.4. The second-order valence-corrected chi connectivity index (χ2v) is 12.8. The van der Waals surface area contributed by atoms with Gasteiger partial charge in [-0.15, -0.1) is 0 Å². The predicted molar refractivity (Wildman–Crippen MR) is 162 cm³/mol. The number of likely N-dealkylation sites (N-methyl/N-ethyl adjacent to an activating group) is 1. The third-order valence-corrected chi connectivity index (χ3v) is 9.21. The molecule has 1 heterocycles. The second-order valence-electron chi connectivity index (χ2n) is 10.8. The number of anilines is 2. The van der Waals surface area contributed by atoms with Crippen LogP contribution in [-0.4, -0.2) is 73.6 Å². The van der Waals surface area contributed by atoms with Crippen molar-refractivity contribution in [1.82, 2.24) is 9.21 Å². The number of amides is 3. The first-order valence-corrected chi connectivity index (χ1v) is 15.3. The maximum absolute atomic E-state index is 13.5. The van der Waals surface area contributed by atoms with E-state index in [1.54, 1.807) is 66.4 Å². The Morgan fingerprint density at radius 1 is 1.07 bits per heavy atom. The fourth-order valence-corrected chi connectivity index (χ4v) is 5.96. The quantitative estimate of drug-likeness (QED) is 0.360. The molecule has 4 rings (SSSR count). The zero-order valence-corrected chi connectivity index (χ0v) is 25.1. The van der Waals surface area contributed by atoms with E-state index in [1.807, 2.05) is 32.0 Å². The molecular formula is C31H38N4O6S. The molecule has 10 nitrogen and oxygen atoms in total. The predicted octanol–water partition coefficient (Wildman–Crippen LogP) is 4.11. The van der Waals surface area contributed by atoms with E-state index in [0.717, 1.165) is 5.56 Å². The van der Waals surface area contributed by atoms with Gasteiger partial charge in [-0.3, -0.25) is 4.79 Å². The molecule has 3 aromatic carbocycles. The van der Waals surface area contributed by atoms with Crippen LogP contribution in [-0.2, 0) is 21.2 Å². The van der Waals surface area contributed by atoms with Crippen molar-refractivity contribution in [2.24, 2.45) is 5.92 Å². The lowest BCUT2D eigenvalue weighted by Gasteiger charge is -2.33. The number of ether oxygens (including phenoxy) is 1. The zero-order valence-electron chi connectivity index (χ0n) is 24.3. The van der Waals surface area contributed by atoms with E-state index >= 15 is 0 Å². The topological polar surface area (TPSA) is 128 Å². The van der Waals surface area contributed by atoms with E-state index in [9.17, 15) is 23.1 Å². The van der Waals surface area contributed by atoms with Gasteiger partial charge in [-0.05, 0) is 56.3 Å². The standard InChI is InChI=1S/C31H38N4O6S/c1-21-10-13-27(14-11-21)42(39,40)34(4)19-29-22(2)18-35(23(3)20-36)30(37)17-24-16-26(12-15-28(24)41-29)33-31(38)32-25-8-6-5-7-9-25/h5-16,22-23,29,36H,17-20H2,1-4H3,(H2,32,33,38)/t22-,23-,29+/m0/s1. The van der Waals surface area contributed by atoms with Gasteiger partial charge < -0.3 is 25.4 Å². The summed E-state index contributed by atoms with van der Waals surface area (Å²) in [7, 11) is -2.29. The van der Waals surface area contributed by atoms with Crippen LogP contribution in [0.3, 0.4) is 0 Å². The Balaban J connectivity index is 1.62. The number of nitrogens with one attached hydrogen (secondary N) is 2. The smallest absolute Gasteiger partial charge is 0.323 e. The zero-order chi connectivity index (χ0) is 30.4. The Labute approximate surface area is 247 Å². The first-order chi connectivity index (χ1) is 20.0. The number of carbonyl (C=O) groups excluding carboxylic acids is 2. The molecule has 0 saturated heterocycles. The maximum atomic E-state index is 13.5. The molecule has 3 N–H and O–H groups in total. The Kier molecular flexibility index (Phi) is 9.87. The van der Waals surface area contributed by atoms with Crippen molar-refractivity contribution in [1.29, 1.82) is 0 Å². The highest BCUT2D eigenvalue weighted by molar-refractivity contribution is 7.89. The molecule has 1 aliphatic rings. The number of fused-ring (bicyclic) bond motifs is 1. The fourth-order valence-electron chi connectivity index (χ4n) is 4.78. The summed E-state index contributed by atoms with van der Waals surface area (Å²) >= 11 is 0. The Morgan fingerprint density at radius 2 is 1.74 bits per heavy atom. The molecule has 0 radical (unpaired) electrons. The molecule has 0 aliphatic carbocycles. The SMILES string of the molecule is Cc1ccc(S(=O)(=O)N(C)C[C@H]2Oc3ccc(NC(=O)Nc4ccccc4)cc3CC(=O)N([C@@H](C)CO)C[C@@H]2C)cc1. The number of aliphatic hydroxyl groups excluding tert-OH is 1. The van der Waals surface area contributed by atoms with E-state index in [0.29, 0.717) is 22.7 Å². The summed E-state index contributed by atoms with van der Waals surface area (Å²) in [4.78, 5) is 27.8. The summed E-state index contributed by atoms with van der Waals surface area (Å²) in [5, 5.41) is 15.4. The molecule has 3 atom stereocenters. The minimum Gasteiger partial charge on any atom is -0.488 e. The minimum atomic E-state index is -3.80. The van der Waals surface area contributed by atoms with Crippen LogP contribution < -0.4 is 15.4 Å².